The van der Waals surface area contributed by atoms with Crippen molar-refractivity contribution >= 4 is 0 Å². The third-order valence-electron chi connectivity index (χ3n) is 10.5. The zero-order chi connectivity index (χ0) is 31.8. The van der Waals surface area contributed by atoms with Gasteiger partial charge in [0, 0.05) is 17.5 Å². The van der Waals surface area contributed by atoms with E-state index in [-0.39, 0.29) is 17.5 Å². The highest BCUT2D eigenvalue weighted by Crippen LogP contribution is 2.47. The number of aryl methyl sites for hydroxylation is 1. The number of ether oxygens (including phenoxy) is 3. The summed E-state index contributed by atoms with van der Waals surface area (Å²) in [5.41, 5.74) is 1.96. The molecule has 3 fully saturated rings. The van der Waals surface area contributed by atoms with Crippen molar-refractivity contribution < 1.29 is 31.8 Å². The number of hydrogen-bond acceptors (Lipinski definition) is 3. The Kier molecular flexibility index (Phi) is 12.0. The van der Waals surface area contributed by atoms with Crippen LogP contribution in [0.1, 0.15) is 119 Å². The summed E-state index contributed by atoms with van der Waals surface area (Å²) in [7, 11) is 0. The van der Waals surface area contributed by atoms with Crippen LogP contribution in [0.15, 0.2) is 49.1 Å². The van der Waals surface area contributed by atoms with Crippen molar-refractivity contribution in [1.29, 1.82) is 0 Å². The van der Waals surface area contributed by atoms with Crippen LogP contribution >= 0.6 is 0 Å². The van der Waals surface area contributed by atoms with Crippen LogP contribution in [0, 0.1) is 35.3 Å². The Morgan fingerprint density at radius 2 is 1.56 bits per heavy atom. The van der Waals surface area contributed by atoms with Gasteiger partial charge < -0.3 is 14.2 Å². The monoisotopic (exact) mass is 630 g/mol. The Morgan fingerprint density at radius 1 is 0.867 bits per heavy atom. The molecule has 1 aliphatic heterocycles. The first-order valence-electron chi connectivity index (χ1n) is 17.3. The third kappa shape index (κ3) is 8.91. The van der Waals surface area contributed by atoms with Gasteiger partial charge in [0.25, 0.3) is 0 Å². The van der Waals surface area contributed by atoms with E-state index in [9.17, 15) is 4.39 Å². The van der Waals surface area contributed by atoms with E-state index in [1.54, 1.807) is 12.1 Å². The second-order valence-electron chi connectivity index (χ2n) is 13.6. The van der Waals surface area contributed by atoms with E-state index in [2.05, 4.69) is 13.5 Å². The van der Waals surface area contributed by atoms with Crippen LogP contribution in [0.2, 0.25) is 0 Å². The van der Waals surface area contributed by atoms with Crippen LogP contribution < -0.4 is 4.74 Å². The van der Waals surface area contributed by atoms with E-state index >= 15 is 13.2 Å². The molecule has 1 saturated heterocycles. The molecule has 3 aliphatic rings. The molecule has 0 unspecified atom stereocenters. The zero-order valence-electron chi connectivity index (χ0n) is 26.8. The fraction of sp³-hybridized carbons (Fsp3) is 0.632. The number of unbranched alkanes of at least 4 members (excludes halogenated alkanes) is 2. The summed E-state index contributed by atoms with van der Waals surface area (Å²) < 4.78 is 76.8. The first-order valence-corrected chi connectivity index (χ1v) is 17.3. The Labute approximate surface area is 266 Å². The standard InChI is InChI=1S/C38H50F4O3/c1-3-5-7-8-26-24-43-37(44-25-26)31-17-21-34(36(40)22-31)29-12-10-27(11-13-29)28-14-18-32(19-15-28)38(41,42)45-33-20-16-30(9-6-4-2)35(39)23-33/h4,16-17,20-23,26-29,32,37H,2-3,5-15,18-19,24-25H2,1H3. The van der Waals surface area contributed by atoms with Gasteiger partial charge >= 0.3 is 6.11 Å². The molecule has 0 N–H and O–H groups in total. The summed E-state index contributed by atoms with van der Waals surface area (Å²) in [6.07, 6.45) is 9.69. The second-order valence-corrected chi connectivity index (χ2v) is 13.6. The molecule has 7 heteroatoms. The van der Waals surface area contributed by atoms with E-state index in [0.717, 1.165) is 62.1 Å². The summed E-state index contributed by atoms with van der Waals surface area (Å²) >= 11 is 0. The fourth-order valence-corrected chi connectivity index (χ4v) is 7.73. The summed E-state index contributed by atoms with van der Waals surface area (Å²) in [6, 6.07) is 9.44. The summed E-state index contributed by atoms with van der Waals surface area (Å²) in [6.45, 7) is 7.13. The largest absolute Gasteiger partial charge is 0.432 e. The lowest BCUT2D eigenvalue weighted by Gasteiger charge is -2.39. The molecule has 0 atom stereocenters. The molecule has 2 aromatic carbocycles. The lowest BCUT2D eigenvalue weighted by atomic mass is 9.68. The van der Waals surface area contributed by atoms with Gasteiger partial charge in [0.2, 0.25) is 0 Å². The van der Waals surface area contributed by atoms with Gasteiger partial charge in [-0.1, -0.05) is 50.5 Å². The van der Waals surface area contributed by atoms with Crippen LogP contribution in [-0.2, 0) is 15.9 Å². The van der Waals surface area contributed by atoms with Gasteiger partial charge in [0.1, 0.15) is 17.4 Å². The summed E-state index contributed by atoms with van der Waals surface area (Å²) in [4.78, 5) is 0. The summed E-state index contributed by atoms with van der Waals surface area (Å²) in [5.74, 6) is -0.279. The van der Waals surface area contributed by atoms with E-state index in [1.165, 1.54) is 31.4 Å². The highest BCUT2D eigenvalue weighted by Gasteiger charge is 2.45. The molecular weight excluding hydrogens is 580 g/mol. The van der Waals surface area contributed by atoms with Crippen molar-refractivity contribution in [3.05, 3.63) is 77.4 Å². The van der Waals surface area contributed by atoms with E-state index in [1.807, 2.05) is 12.1 Å². The smallest absolute Gasteiger partial charge is 0.400 e. The fourth-order valence-electron chi connectivity index (χ4n) is 7.73. The van der Waals surface area contributed by atoms with E-state index in [4.69, 9.17) is 14.2 Å². The normalized spacial score (nSPS) is 27.7. The van der Waals surface area contributed by atoms with Crippen molar-refractivity contribution in [2.75, 3.05) is 13.2 Å². The highest BCUT2D eigenvalue weighted by atomic mass is 19.3. The maximum Gasteiger partial charge on any atom is 0.400 e. The first-order chi connectivity index (χ1) is 21.8. The Balaban J connectivity index is 1.06. The van der Waals surface area contributed by atoms with Gasteiger partial charge in [-0.25, -0.2) is 8.78 Å². The molecule has 0 aromatic heterocycles. The minimum absolute atomic E-state index is 0.134. The number of alkyl halides is 2. The molecular formula is C38H50F4O3. The highest BCUT2D eigenvalue weighted by molar-refractivity contribution is 5.30. The third-order valence-corrected chi connectivity index (χ3v) is 10.5. The molecule has 2 aromatic rings. The van der Waals surface area contributed by atoms with Gasteiger partial charge in [-0.15, -0.1) is 6.58 Å². The SMILES string of the molecule is C=CCCc1ccc(OC(F)(F)C2CCC(C3CCC(c4ccc(C5OCC(CCCCC)CO5)cc4F)CC3)CC2)cc1F. The van der Waals surface area contributed by atoms with Crippen LogP contribution in [0.4, 0.5) is 17.6 Å². The maximum absolute atomic E-state index is 15.3. The van der Waals surface area contributed by atoms with E-state index < -0.39 is 24.1 Å². The Bertz CT molecular complexity index is 1230. The van der Waals surface area contributed by atoms with E-state index in [0.29, 0.717) is 62.2 Å². The molecule has 0 bridgehead atoms. The lowest BCUT2D eigenvalue weighted by Crippen LogP contribution is -2.38. The quantitative estimate of drug-likeness (QED) is 0.125. The summed E-state index contributed by atoms with van der Waals surface area (Å²) in [5, 5.41) is 0. The molecule has 0 amide bonds. The first kappa shape index (κ1) is 34.0. The lowest BCUT2D eigenvalue weighted by molar-refractivity contribution is -0.224. The zero-order valence-corrected chi connectivity index (χ0v) is 26.8. The molecule has 45 heavy (non-hydrogen) atoms. The molecule has 0 radical (unpaired) electrons. The Morgan fingerprint density at radius 3 is 2.18 bits per heavy atom. The number of benzene rings is 2. The van der Waals surface area contributed by atoms with Crippen molar-refractivity contribution in [2.24, 2.45) is 23.7 Å². The van der Waals surface area contributed by atoms with Crippen LogP contribution in [0.3, 0.4) is 0 Å². The van der Waals surface area contributed by atoms with Crippen molar-refractivity contribution in [3.63, 3.8) is 0 Å². The van der Waals surface area contributed by atoms with Crippen molar-refractivity contribution in [2.45, 2.75) is 115 Å². The minimum atomic E-state index is -3.34. The van der Waals surface area contributed by atoms with Crippen LogP contribution in [0.25, 0.3) is 0 Å². The number of rotatable bonds is 13. The molecule has 5 rings (SSSR count). The molecule has 3 nitrogen and oxygen atoms in total. The van der Waals surface area contributed by atoms with Gasteiger partial charge in [-0.05, 0) is 112 Å². The Hall–Kier alpha value is -2.38. The van der Waals surface area contributed by atoms with Gasteiger partial charge in [-0.3, -0.25) is 0 Å². The number of allylic oxidation sites excluding steroid dienone is 1. The molecule has 248 valence electrons. The van der Waals surface area contributed by atoms with Gasteiger partial charge in [-0.2, -0.15) is 8.78 Å². The van der Waals surface area contributed by atoms with Crippen LogP contribution in [-0.4, -0.2) is 19.3 Å². The van der Waals surface area contributed by atoms with Gasteiger partial charge in [0.15, 0.2) is 6.29 Å². The number of hydrogen-bond donors (Lipinski definition) is 0. The number of halogens is 4. The van der Waals surface area contributed by atoms with Crippen molar-refractivity contribution in [3.8, 4) is 5.75 Å². The van der Waals surface area contributed by atoms with Gasteiger partial charge in [0.05, 0.1) is 19.1 Å². The average molecular weight is 631 g/mol. The predicted octanol–water partition coefficient (Wildman–Crippen LogP) is 11.1. The van der Waals surface area contributed by atoms with Crippen molar-refractivity contribution in [1.82, 2.24) is 0 Å². The average Bonchev–Trinajstić information content (AvgIpc) is 3.05. The molecule has 1 heterocycles. The predicted molar refractivity (Wildman–Crippen MR) is 169 cm³/mol. The topological polar surface area (TPSA) is 27.7 Å². The molecule has 2 saturated carbocycles. The second kappa shape index (κ2) is 15.9. The molecule has 2 aliphatic carbocycles. The molecule has 0 spiro atoms. The van der Waals surface area contributed by atoms with Crippen LogP contribution in [0.5, 0.6) is 5.75 Å². The minimum Gasteiger partial charge on any atom is -0.432 e. The maximum atomic E-state index is 15.3.